The molecule has 1 unspecified atom stereocenters. The lowest BCUT2D eigenvalue weighted by Crippen LogP contribution is -2.26. The van der Waals surface area contributed by atoms with Crippen LogP contribution >= 0.6 is 0 Å². The summed E-state index contributed by atoms with van der Waals surface area (Å²) in [5.74, 6) is 1.85. The minimum Gasteiger partial charge on any atom is -0.491 e. The molecule has 0 aliphatic carbocycles. The number of fused-ring (bicyclic) bond motifs is 1. The Hall–Kier alpha value is -2.37. The van der Waals surface area contributed by atoms with Gasteiger partial charge in [0.05, 0.1) is 6.04 Å². The second-order valence-corrected chi connectivity index (χ2v) is 4.68. The third-order valence-corrected chi connectivity index (χ3v) is 3.20. The van der Waals surface area contributed by atoms with Crippen LogP contribution in [0.1, 0.15) is 31.3 Å². The van der Waals surface area contributed by atoms with Crippen molar-refractivity contribution in [2.75, 3.05) is 6.61 Å². The third kappa shape index (κ3) is 2.24. The molecule has 104 valence electrons. The van der Waals surface area contributed by atoms with E-state index in [4.69, 9.17) is 9.26 Å². The van der Waals surface area contributed by atoms with Gasteiger partial charge in [0, 0.05) is 24.5 Å². The zero-order valence-electron chi connectivity index (χ0n) is 11.3. The number of aryl methyl sites for hydroxylation is 1. The monoisotopic (exact) mass is 273 g/mol. The molecular weight excluding hydrogens is 258 g/mol. The summed E-state index contributed by atoms with van der Waals surface area (Å²) in [5.41, 5.74) is 1.82. The van der Waals surface area contributed by atoms with Gasteiger partial charge in [-0.05, 0) is 6.07 Å². The van der Waals surface area contributed by atoms with Crippen LogP contribution in [0, 0.1) is 0 Å². The summed E-state index contributed by atoms with van der Waals surface area (Å²) in [6.45, 7) is 3.91. The second-order valence-electron chi connectivity index (χ2n) is 4.68. The van der Waals surface area contributed by atoms with Gasteiger partial charge in [-0.3, -0.25) is 4.79 Å². The minimum atomic E-state index is -0.0898. The van der Waals surface area contributed by atoms with E-state index in [1.54, 1.807) is 0 Å². The molecule has 20 heavy (non-hydrogen) atoms. The molecule has 0 fully saturated rings. The first-order chi connectivity index (χ1) is 9.67. The molecule has 1 atom stereocenters. The molecule has 2 aromatic rings. The van der Waals surface area contributed by atoms with Crippen molar-refractivity contribution < 1.29 is 14.1 Å². The second kappa shape index (κ2) is 4.96. The topological polar surface area (TPSA) is 77.2 Å². The SMILES string of the molecule is CCc1nc(-c2ccc3c(c2)OCC3NC(C)=O)no1. The molecule has 1 aromatic carbocycles. The van der Waals surface area contributed by atoms with Crippen LogP contribution in [0.2, 0.25) is 0 Å². The van der Waals surface area contributed by atoms with Crippen LogP contribution in [0.3, 0.4) is 0 Å². The highest BCUT2D eigenvalue weighted by Crippen LogP contribution is 2.35. The Morgan fingerprint density at radius 1 is 1.50 bits per heavy atom. The first-order valence-electron chi connectivity index (χ1n) is 6.54. The number of carbonyl (C=O) groups is 1. The third-order valence-electron chi connectivity index (χ3n) is 3.20. The number of hydrogen-bond donors (Lipinski definition) is 1. The number of rotatable bonds is 3. The average molecular weight is 273 g/mol. The molecule has 0 bridgehead atoms. The van der Waals surface area contributed by atoms with E-state index in [0.717, 1.165) is 16.9 Å². The van der Waals surface area contributed by atoms with Gasteiger partial charge in [-0.15, -0.1) is 0 Å². The van der Waals surface area contributed by atoms with Crippen LogP contribution < -0.4 is 10.1 Å². The lowest BCUT2D eigenvalue weighted by atomic mass is 10.1. The smallest absolute Gasteiger partial charge is 0.226 e. The number of ether oxygens (including phenoxy) is 1. The van der Waals surface area contributed by atoms with Gasteiger partial charge in [0.25, 0.3) is 0 Å². The van der Waals surface area contributed by atoms with E-state index in [0.29, 0.717) is 24.7 Å². The van der Waals surface area contributed by atoms with Gasteiger partial charge in [-0.2, -0.15) is 4.98 Å². The summed E-state index contributed by atoms with van der Waals surface area (Å²) in [6, 6.07) is 5.63. The van der Waals surface area contributed by atoms with Gasteiger partial charge in [-0.1, -0.05) is 24.2 Å². The van der Waals surface area contributed by atoms with Crippen molar-refractivity contribution in [1.29, 1.82) is 0 Å². The summed E-state index contributed by atoms with van der Waals surface area (Å²) in [6.07, 6.45) is 0.707. The van der Waals surface area contributed by atoms with Crippen molar-refractivity contribution >= 4 is 5.91 Å². The molecular formula is C14H15N3O3. The van der Waals surface area contributed by atoms with Gasteiger partial charge in [-0.25, -0.2) is 0 Å². The zero-order valence-corrected chi connectivity index (χ0v) is 11.3. The number of nitrogens with one attached hydrogen (secondary N) is 1. The van der Waals surface area contributed by atoms with E-state index in [-0.39, 0.29) is 11.9 Å². The molecule has 1 N–H and O–H groups in total. The van der Waals surface area contributed by atoms with Crippen molar-refractivity contribution in [2.24, 2.45) is 0 Å². The fourth-order valence-corrected chi connectivity index (χ4v) is 2.23. The quantitative estimate of drug-likeness (QED) is 0.923. The van der Waals surface area contributed by atoms with E-state index >= 15 is 0 Å². The number of hydrogen-bond acceptors (Lipinski definition) is 5. The Morgan fingerprint density at radius 3 is 3.05 bits per heavy atom. The standard InChI is InChI=1S/C14H15N3O3/c1-3-13-16-14(17-20-13)9-4-5-10-11(15-8(2)18)7-19-12(10)6-9/h4-6,11H,3,7H2,1-2H3,(H,15,18). The number of carbonyl (C=O) groups excluding carboxylic acids is 1. The summed E-state index contributed by atoms with van der Waals surface area (Å²) < 4.78 is 10.7. The molecule has 0 radical (unpaired) electrons. The maximum atomic E-state index is 11.1. The van der Waals surface area contributed by atoms with Crippen molar-refractivity contribution in [3.63, 3.8) is 0 Å². The van der Waals surface area contributed by atoms with Crippen molar-refractivity contribution in [3.8, 4) is 17.1 Å². The number of aromatic nitrogens is 2. The maximum Gasteiger partial charge on any atom is 0.226 e. The van der Waals surface area contributed by atoms with Crippen molar-refractivity contribution in [2.45, 2.75) is 26.3 Å². The minimum absolute atomic E-state index is 0.0683. The van der Waals surface area contributed by atoms with Gasteiger partial charge in [0.2, 0.25) is 17.6 Å². The molecule has 3 rings (SSSR count). The molecule has 6 nitrogen and oxygen atoms in total. The van der Waals surface area contributed by atoms with Gasteiger partial charge >= 0.3 is 0 Å². The molecule has 0 spiro atoms. The van der Waals surface area contributed by atoms with Crippen LogP contribution in [0.15, 0.2) is 22.7 Å². The normalized spacial score (nSPS) is 16.6. The lowest BCUT2D eigenvalue weighted by molar-refractivity contribution is -0.119. The fraction of sp³-hybridized carbons (Fsp3) is 0.357. The average Bonchev–Trinajstić information content (AvgIpc) is 3.05. The van der Waals surface area contributed by atoms with Gasteiger partial charge in [0.15, 0.2) is 0 Å². The molecule has 1 aliphatic heterocycles. The highest BCUT2D eigenvalue weighted by Gasteiger charge is 2.25. The molecule has 2 heterocycles. The molecule has 1 amide bonds. The molecule has 1 aromatic heterocycles. The lowest BCUT2D eigenvalue weighted by Gasteiger charge is -2.09. The maximum absolute atomic E-state index is 11.1. The van der Waals surface area contributed by atoms with E-state index in [1.807, 2.05) is 25.1 Å². The molecule has 0 saturated heterocycles. The number of benzene rings is 1. The van der Waals surface area contributed by atoms with E-state index in [1.165, 1.54) is 6.92 Å². The number of nitrogens with zero attached hydrogens (tertiary/aromatic N) is 2. The first kappa shape index (κ1) is 12.7. The summed E-state index contributed by atoms with van der Waals surface area (Å²) in [7, 11) is 0. The van der Waals surface area contributed by atoms with Gasteiger partial charge in [0.1, 0.15) is 12.4 Å². The fourth-order valence-electron chi connectivity index (χ4n) is 2.23. The Labute approximate surface area is 116 Å². The molecule has 1 aliphatic rings. The van der Waals surface area contributed by atoms with E-state index < -0.39 is 0 Å². The highest BCUT2D eigenvalue weighted by atomic mass is 16.5. The predicted molar refractivity (Wildman–Crippen MR) is 71.2 cm³/mol. The van der Waals surface area contributed by atoms with E-state index in [2.05, 4.69) is 15.5 Å². The predicted octanol–water partition coefficient (Wildman–Crippen LogP) is 1.87. The van der Waals surface area contributed by atoms with Gasteiger partial charge < -0.3 is 14.6 Å². The van der Waals surface area contributed by atoms with Crippen LogP contribution in [0.4, 0.5) is 0 Å². The van der Waals surface area contributed by atoms with Crippen LogP contribution in [-0.4, -0.2) is 22.7 Å². The van der Waals surface area contributed by atoms with E-state index in [9.17, 15) is 4.79 Å². The van der Waals surface area contributed by atoms with Crippen molar-refractivity contribution in [3.05, 3.63) is 29.7 Å². The first-order valence-corrected chi connectivity index (χ1v) is 6.54. The van der Waals surface area contributed by atoms with Crippen LogP contribution in [0.5, 0.6) is 5.75 Å². The summed E-state index contributed by atoms with van der Waals surface area (Å²) >= 11 is 0. The molecule has 0 saturated carbocycles. The Bertz CT molecular complexity index is 651. The van der Waals surface area contributed by atoms with Crippen LogP contribution in [-0.2, 0) is 11.2 Å². The Kier molecular flexibility index (Phi) is 3.14. The number of amides is 1. The van der Waals surface area contributed by atoms with Crippen LogP contribution in [0.25, 0.3) is 11.4 Å². The summed E-state index contributed by atoms with van der Waals surface area (Å²) in [4.78, 5) is 15.4. The van der Waals surface area contributed by atoms with Crippen molar-refractivity contribution in [1.82, 2.24) is 15.5 Å². The highest BCUT2D eigenvalue weighted by molar-refractivity contribution is 5.74. The summed E-state index contributed by atoms with van der Waals surface area (Å²) in [5, 5.41) is 6.80. The Morgan fingerprint density at radius 2 is 2.35 bits per heavy atom. The largest absolute Gasteiger partial charge is 0.491 e. The molecule has 6 heteroatoms. The Balaban J connectivity index is 1.89. The zero-order chi connectivity index (χ0) is 14.1.